The molecule has 6 aromatic rings. The molecule has 300 valence electrons. The van der Waals surface area contributed by atoms with Gasteiger partial charge in [-0.2, -0.15) is 0 Å². The molecule has 0 aliphatic rings. The zero-order chi connectivity index (χ0) is 41.8. The van der Waals surface area contributed by atoms with Crippen LogP contribution in [0, 0.1) is 13.8 Å². The first-order valence-corrected chi connectivity index (χ1v) is 17.4. The summed E-state index contributed by atoms with van der Waals surface area (Å²) in [6.45, 7) is 4.14. The predicted octanol–water partition coefficient (Wildman–Crippen LogP) is 4.96. The third-order valence-corrected chi connectivity index (χ3v) is 8.18. The molecule has 0 aliphatic carbocycles. The minimum absolute atomic E-state index is 0.0806. The van der Waals surface area contributed by atoms with Gasteiger partial charge in [0, 0.05) is 61.7 Å². The summed E-state index contributed by atoms with van der Waals surface area (Å²) in [6.07, 6.45) is 3.86. The van der Waals surface area contributed by atoms with Crippen LogP contribution >= 0.6 is 0 Å². The molecule has 0 saturated carbocycles. The normalized spacial score (nSPS) is 10.4. The van der Waals surface area contributed by atoms with Crippen LogP contribution in [0.15, 0.2) is 81.9 Å². The number of carbonyl (C=O) groups is 6. The van der Waals surface area contributed by atoms with Crippen LogP contribution in [0.25, 0.3) is 21.9 Å². The van der Waals surface area contributed by atoms with E-state index in [0.29, 0.717) is 39.3 Å². The third-order valence-electron chi connectivity index (χ3n) is 8.18. The fraction of sp³-hybridized carbons (Fsp3) is 0.250. The summed E-state index contributed by atoms with van der Waals surface area (Å²) in [5.41, 5.74) is 10.8. The molecule has 4 aromatic heterocycles. The Morgan fingerprint density at radius 3 is 1.58 bits per heavy atom. The Balaban J connectivity index is 0.000000213. The molecule has 6 rings (SSSR count). The molecule has 0 unspecified atom stereocenters. The van der Waals surface area contributed by atoms with Crippen molar-refractivity contribution in [2.45, 2.75) is 26.7 Å². The largest absolute Gasteiger partial charge is 0.477 e. The Morgan fingerprint density at radius 2 is 1.14 bits per heavy atom. The zero-order valence-corrected chi connectivity index (χ0v) is 32.3. The van der Waals surface area contributed by atoms with Gasteiger partial charge < -0.3 is 54.2 Å². The molecule has 4 heterocycles. The number of carboxylic acid groups (broad SMARTS) is 1. The average molecular weight is 785 g/mol. The number of esters is 2. The van der Waals surface area contributed by atoms with Crippen LogP contribution in [0.5, 0.6) is 0 Å². The fourth-order valence-electron chi connectivity index (χ4n) is 5.43. The maximum absolute atomic E-state index is 12.4. The van der Waals surface area contributed by atoms with E-state index in [0.717, 1.165) is 16.5 Å². The van der Waals surface area contributed by atoms with E-state index in [1.807, 2.05) is 33.2 Å². The summed E-state index contributed by atoms with van der Waals surface area (Å²) in [4.78, 5) is 68.8. The number of benzene rings is 2. The van der Waals surface area contributed by atoms with E-state index < -0.39 is 17.8 Å². The molecule has 0 atom stereocenters. The van der Waals surface area contributed by atoms with Crippen LogP contribution in [0.4, 0.5) is 11.4 Å². The van der Waals surface area contributed by atoms with Crippen molar-refractivity contribution in [3.63, 3.8) is 0 Å². The summed E-state index contributed by atoms with van der Waals surface area (Å²) < 4.78 is 23.3. The van der Waals surface area contributed by atoms with Gasteiger partial charge in [-0.3, -0.25) is 24.0 Å². The number of ether oxygens (including phenoxy) is 2. The number of aromatic carboxylic acids is 1. The van der Waals surface area contributed by atoms with Gasteiger partial charge in [0.2, 0.25) is 0 Å². The Hall–Kier alpha value is -7.30. The highest BCUT2D eigenvalue weighted by atomic mass is 16.5. The van der Waals surface area contributed by atoms with Crippen molar-refractivity contribution >= 4 is 68.9 Å². The minimum atomic E-state index is -0.879. The zero-order valence-electron chi connectivity index (χ0n) is 32.3. The summed E-state index contributed by atoms with van der Waals surface area (Å²) in [5.74, 6) is -2.37. The van der Waals surface area contributed by atoms with Gasteiger partial charge in [-0.1, -0.05) is 0 Å². The van der Waals surface area contributed by atoms with Gasteiger partial charge in [0.1, 0.15) is 22.6 Å². The van der Waals surface area contributed by atoms with Gasteiger partial charge in [-0.05, 0) is 85.6 Å². The molecule has 0 fully saturated rings. The molecule has 2 aromatic carbocycles. The summed E-state index contributed by atoms with van der Waals surface area (Å²) in [7, 11) is 6.12. The second-order valence-corrected chi connectivity index (χ2v) is 12.7. The lowest BCUT2D eigenvalue weighted by molar-refractivity contribution is -0.141. The summed E-state index contributed by atoms with van der Waals surface area (Å²) in [6, 6.07) is 16.9. The monoisotopic (exact) mass is 784 g/mol. The quantitative estimate of drug-likeness (QED) is 0.0865. The standard InChI is InChI=1S/C20H21N3O5.C13H14N2O4.C7H9NO2/c1-12-8-15(23(2)11-12)19(25)22-14-4-5-16-13(9-14)10-17(28-16)20(26)21-7-6-18(24)27-3;1-18-12(16)4-5-15-13(17)11-7-8-6-9(14)2-3-10(8)19-11;1-5-3-6(7(9)10)8(2)4-5/h4-5,8-11H,6-7H2,1-3H3,(H,21,26)(H,22,25);2-3,6-7H,4-5,14H2,1H3,(H,15,17);3-4H,1-2H3,(H,9,10). The Bertz CT molecular complexity index is 2420. The molecule has 6 N–H and O–H groups in total. The van der Waals surface area contributed by atoms with Crippen molar-refractivity contribution in [2.75, 3.05) is 38.4 Å². The smallest absolute Gasteiger partial charge is 0.352 e. The number of furan rings is 2. The highest BCUT2D eigenvalue weighted by Crippen LogP contribution is 2.24. The van der Waals surface area contributed by atoms with Gasteiger partial charge >= 0.3 is 17.9 Å². The second-order valence-electron chi connectivity index (χ2n) is 12.7. The van der Waals surface area contributed by atoms with Crippen LogP contribution in [-0.2, 0) is 33.2 Å². The number of nitrogen functional groups attached to an aromatic ring is 1. The number of carboxylic acids is 1. The number of methoxy groups -OCH3 is 2. The van der Waals surface area contributed by atoms with E-state index in [1.54, 1.807) is 77.0 Å². The number of hydrogen-bond donors (Lipinski definition) is 5. The van der Waals surface area contributed by atoms with E-state index in [-0.39, 0.29) is 55.2 Å². The Labute approximate surface area is 326 Å². The number of carbonyl (C=O) groups excluding carboxylic acids is 5. The molecule has 57 heavy (non-hydrogen) atoms. The topological polar surface area (TPSA) is 239 Å². The highest BCUT2D eigenvalue weighted by Gasteiger charge is 2.16. The van der Waals surface area contributed by atoms with E-state index in [2.05, 4.69) is 25.4 Å². The van der Waals surface area contributed by atoms with Crippen molar-refractivity contribution < 1.29 is 52.2 Å². The van der Waals surface area contributed by atoms with E-state index in [4.69, 9.17) is 19.7 Å². The first-order valence-electron chi connectivity index (χ1n) is 17.4. The lowest BCUT2D eigenvalue weighted by Crippen LogP contribution is -2.25. The number of aromatic nitrogens is 2. The molecule has 0 aliphatic heterocycles. The van der Waals surface area contributed by atoms with Crippen LogP contribution in [0.2, 0.25) is 0 Å². The van der Waals surface area contributed by atoms with Crippen molar-refractivity contribution in [2.24, 2.45) is 14.1 Å². The van der Waals surface area contributed by atoms with Crippen molar-refractivity contribution in [3.8, 4) is 0 Å². The number of nitrogens with two attached hydrogens (primary N) is 1. The molecule has 0 spiro atoms. The molecule has 17 nitrogen and oxygen atoms in total. The van der Waals surface area contributed by atoms with Crippen molar-refractivity contribution in [1.29, 1.82) is 0 Å². The number of aryl methyl sites for hydroxylation is 4. The first kappa shape index (κ1) is 42.4. The van der Waals surface area contributed by atoms with Crippen molar-refractivity contribution in [1.82, 2.24) is 19.8 Å². The maximum Gasteiger partial charge on any atom is 0.352 e. The van der Waals surface area contributed by atoms with Crippen molar-refractivity contribution in [3.05, 3.63) is 107 Å². The average Bonchev–Trinajstić information content (AvgIpc) is 3.95. The second kappa shape index (κ2) is 19.3. The number of nitrogens with zero attached hydrogens (tertiary/aromatic N) is 2. The molecule has 3 amide bonds. The predicted molar refractivity (Wildman–Crippen MR) is 210 cm³/mol. The molecule has 17 heteroatoms. The molecular formula is C40H44N6O11. The lowest BCUT2D eigenvalue weighted by atomic mass is 10.2. The van der Waals surface area contributed by atoms with Crippen LogP contribution in [-0.4, -0.2) is 77.2 Å². The number of fused-ring (bicyclic) bond motifs is 2. The lowest BCUT2D eigenvalue weighted by Gasteiger charge is -2.06. The number of anilines is 2. The van der Waals surface area contributed by atoms with E-state index >= 15 is 0 Å². The minimum Gasteiger partial charge on any atom is -0.477 e. The summed E-state index contributed by atoms with van der Waals surface area (Å²) >= 11 is 0. The first-order chi connectivity index (χ1) is 27.1. The molecule has 0 radical (unpaired) electrons. The fourth-order valence-corrected chi connectivity index (χ4v) is 5.43. The number of amides is 3. The van der Waals surface area contributed by atoms with Gasteiger partial charge in [0.25, 0.3) is 17.7 Å². The van der Waals surface area contributed by atoms with Gasteiger partial charge in [0.15, 0.2) is 11.5 Å². The van der Waals surface area contributed by atoms with Crippen LogP contribution < -0.4 is 21.7 Å². The Morgan fingerprint density at radius 1 is 0.667 bits per heavy atom. The Kier molecular flexibility index (Phi) is 14.4. The van der Waals surface area contributed by atoms with Crippen LogP contribution in [0.3, 0.4) is 0 Å². The number of hydrogen-bond acceptors (Lipinski definition) is 11. The van der Waals surface area contributed by atoms with Gasteiger partial charge in [0.05, 0.1) is 27.1 Å². The van der Waals surface area contributed by atoms with Gasteiger partial charge in [-0.15, -0.1) is 0 Å². The molecule has 0 saturated heterocycles. The van der Waals surface area contributed by atoms with E-state index in [9.17, 15) is 28.8 Å². The number of rotatable bonds is 11. The molecular weight excluding hydrogens is 740 g/mol. The number of nitrogens with one attached hydrogen (secondary N) is 3. The summed E-state index contributed by atoms with van der Waals surface area (Å²) in [5, 5.41) is 18.0. The molecule has 0 bridgehead atoms. The van der Waals surface area contributed by atoms with E-state index in [1.165, 1.54) is 14.2 Å². The SMILES string of the molecule is COC(=O)CCNC(=O)c1cc2cc(N)ccc2o1.COC(=O)CCNC(=O)c1cc2cc(NC(=O)c3cc(C)cn3C)ccc2o1.Cc1cc(C(=O)O)n(C)c1. The highest BCUT2D eigenvalue weighted by molar-refractivity contribution is 6.04. The third kappa shape index (κ3) is 11.8. The van der Waals surface area contributed by atoms with Gasteiger partial charge in [-0.25, -0.2) is 4.79 Å². The maximum atomic E-state index is 12.4. The van der Waals surface area contributed by atoms with Crippen LogP contribution in [0.1, 0.15) is 66.1 Å².